The molecule has 5 heteroatoms. The summed E-state index contributed by atoms with van der Waals surface area (Å²) in [5.74, 6) is -0.0217. The topological polar surface area (TPSA) is 59.8 Å². The number of nitrogens with zero attached hydrogens (tertiary/aromatic N) is 3. The molecular formula is C13H18N4O. The summed E-state index contributed by atoms with van der Waals surface area (Å²) in [7, 11) is 0. The maximum atomic E-state index is 11.8. The van der Waals surface area contributed by atoms with E-state index in [0.29, 0.717) is 0 Å². The minimum atomic E-state index is -0.0217. The maximum Gasteiger partial charge on any atom is 0.242 e. The third kappa shape index (κ3) is 2.85. The summed E-state index contributed by atoms with van der Waals surface area (Å²) in [5.41, 5.74) is 1.70. The smallest absolute Gasteiger partial charge is 0.242 e. The molecule has 0 saturated heterocycles. The van der Waals surface area contributed by atoms with Crippen molar-refractivity contribution < 1.29 is 4.79 Å². The number of rotatable bonds is 5. The second kappa shape index (κ2) is 5.62. The molecule has 2 aromatic rings. The van der Waals surface area contributed by atoms with Crippen molar-refractivity contribution in [1.29, 1.82) is 0 Å². The van der Waals surface area contributed by atoms with E-state index in [-0.39, 0.29) is 18.5 Å². The van der Waals surface area contributed by atoms with Crippen LogP contribution in [0.1, 0.15) is 26.7 Å². The minimum Gasteiger partial charge on any atom is -0.352 e. The van der Waals surface area contributed by atoms with Crippen molar-refractivity contribution in [3.05, 3.63) is 24.3 Å². The van der Waals surface area contributed by atoms with Gasteiger partial charge in [-0.1, -0.05) is 30.7 Å². The highest BCUT2D eigenvalue weighted by Crippen LogP contribution is 2.09. The van der Waals surface area contributed by atoms with Crippen LogP contribution in [0, 0.1) is 0 Å². The molecule has 0 bridgehead atoms. The lowest BCUT2D eigenvalue weighted by Crippen LogP contribution is -2.35. The fourth-order valence-corrected chi connectivity index (χ4v) is 2.00. The van der Waals surface area contributed by atoms with Gasteiger partial charge in [0.1, 0.15) is 12.1 Å². The first kappa shape index (κ1) is 12.5. The molecule has 2 rings (SSSR count). The van der Waals surface area contributed by atoms with Gasteiger partial charge < -0.3 is 5.32 Å². The lowest BCUT2D eigenvalue weighted by Gasteiger charge is -2.12. The molecule has 1 aromatic heterocycles. The number of fused-ring (bicyclic) bond motifs is 1. The van der Waals surface area contributed by atoms with Gasteiger partial charge in [0, 0.05) is 6.04 Å². The van der Waals surface area contributed by atoms with E-state index in [9.17, 15) is 4.79 Å². The first-order valence-electron chi connectivity index (χ1n) is 6.28. The van der Waals surface area contributed by atoms with Crippen molar-refractivity contribution in [2.75, 3.05) is 0 Å². The van der Waals surface area contributed by atoms with Crippen LogP contribution in [0.2, 0.25) is 0 Å². The third-order valence-electron chi connectivity index (χ3n) is 2.84. The fourth-order valence-electron chi connectivity index (χ4n) is 2.00. The largest absolute Gasteiger partial charge is 0.352 e. The lowest BCUT2D eigenvalue weighted by molar-refractivity contribution is -0.122. The summed E-state index contributed by atoms with van der Waals surface area (Å²) in [4.78, 5) is 11.8. The average molecular weight is 246 g/mol. The van der Waals surface area contributed by atoms with E-state index < -0.39 is 0 Å². The molecule has 0 fully saturated rings. The number of benzene rings is 1. The molecule has 0 spiro atoms. The number of hydrogen-bond acceptors (Lipinski definition) is 3. The van der Waals surface area contributed by atoms with Crippen molar-refractivity contribution in [1.82, 2.24) is 20.3 Å². The van der Waals surface area contributed by atoms with E-state index in [1.54, 1.807) is 4.68 Å². The molecule has 0 radical (unpaired) electrons. The van der Waals surface area contributed by atoms with Gasteiger partial charge in [-0.05, 0) is 25.5 Å². The Labute approximate surface area is 106 Å². The van der Waals surface area contributed by atoms with Crippen molar-refractivity contribution in [3.8, 4) is 0 Å². The molecule has 1 amide bonds. The quantitative estimate of drug-likeness (QED) is 0.874. The summed E-state index contributed by atoms with van der Waals surface area (Å²) in [6, 6.07) is 7.83. The van der Waals surface area contributed by atoms with E-state index in [1.807, 2.05) is 31.2 Å². The Kier molecular flexibility index (Phi) is 3.92. The highest BCUT2D eigenvalue weighted by Gasteiger charge is 2.10. The van der Waals surface area contributed by atoms with Gasteiger partial charge in [-0.3, -0.25) is 4.79 Å². The summed E-state index contributed by atoms with van der Waals surface area (Å²) < 4.78 is 1.63. The molecule has 0 saturated carbocycles. The fraction of sp³-hybridized carbons (Fsp3) is 0.462. The predicted molar refractivity (Wildman–Crippen MR) is 70.0 cm³/mol. The number of amides is 1. The zero-order valence-electron chi connectivity index (χ0n) is 10.8. The van der Waals surface area contributed by atoms with Gasteiger partial charge in [-0.15, -0.1) is 5.10 Å². The molecule has 0 aliphatic heterocycles. The first-order chi connectivity index (χ1) is 8.70. The van der Waals surface area contributed by atoms with Crippen molar-refractivity contribution in [2.24, 2.45) is 0 Å². The van der Waals surface area contributed by atoms with E-state index >= 15 is 0 Å². The van der Waals surface area contributed by atoms with Crippen LogP contribution in [0.4, 0.5) is 0 Å². The molecular weight excluding hydrogens is 228 g/mol. The maximum absolute atomic E-state index is 11.8. The van der Waals surface area contributed by atoms with Crippen LogP contribution in [0.15, 0.2) is 24.3 Å². The Morgan fingerprint density at radius 2 is 2.22 bits per heavy atom. The SMILES string of the molecule is CCC[C@H](C)NC(=O)Cn1nnc2ccccc21. The zero-order chi connectivity index (χ0) is 13.0. The van der Waals surface area contributed by atoms with Crippen LogP contribution >= 0.6 is 0 Å². The summed E-state index contributed by atoms with van der Waals surface area (Å²) >= 11 is 0. The second-order valence-corrected chi connectivity index (χ2v) is 4.49. The zero-order valence-corrected chi connectivity index (χ0v) is 10.8. The molecule has 0 aliphatic carbocycles. The lowest BCUT2D eigenvalue weighted by atomic mass is 10.2. The molecule has 1 heterocycles. The van der Waals surface area contributed by atoms with Gasteiger partial charge in [-0.25, -0.2) is 4.68 Å². The number of aromatic nitrogens is 3. The third-order valence-corrected chi connectivity index (χ3v) is 2.84. The van der Waals surface area contributed by atoms with Gasteiger partial charge in [0.15, 0.2) is 0 Å². The van der Waals surface area contributed by atoms with Gasteiger partial charge in [0.05, 0.1) is 5.52 Å². The van der Waals surface area contributed by atoms with Gasteiger partial charge in [0.2, 0.25) is 5.91 Å². The molecule has 1 atom stereocenters. The van der Waals surface area contributed by atoms with E-state index in [4.69, 9.17) is 0 Å². The number of para-hydroxylation sites is 1. The second-order valence-electron chi connectivity index (χ2n) is 4.49. The standard InChI is InChI=1S/C13H18N4O/c1-3-6-10(2)14-13(18)9-17-12-8-5-4-7-11(12)15-16-17/h4-5,7-8,10H,3,6,9H2,1-2H3,(H,14,18)/t10-/m0/s1. The van der Waals surface area contributed by atoms with Crippen molar-refractivity contribution >= 4 is 16.9 Å². The van der Waals surface area contributed by atoms with Gasteiger partial charge >= 0.3 is 0 Å². The molecule has 0 aliphatic rings. The molecule has 1 aromatic carbocycles. The Morgan fingerprint density at radius 3 is 3.00 bits per heavy atom. The van der Waals surface area contributed by atoms with Crippen molar-refractivity contribution in [3.63, 3.8) is 0 Å². The Morgan fingerprint density at radius 1 is 1.44 bits per heavy atom. The first-order valence-corrected chi connectivity index (χ1v) is 6.28. The van der Waals surface area contributed by atoms with Crippen LogP contribution < -0.4 is 5.32 Å². The Balaban J connectivity index is 2.03. The predicted octanol–water partition coefficient (Wildman–Crippen LogP) is 1.74. The molecule has 96 valence electrons. The normalized spacial score (nSPS) is 12.6. The number of carbonyl (C=O) groups is 1. The van der Waals surface area contributed by atoms with Crippen LogP contribution in [-0.2, 0) is 11.3 Å². The summed E-state index contributed by atoms with van der Waals surface area (Å²) in [6.07, 6.45) is 2.05. The van der Waals surface area contributed by atoms with Crippen LogP contribution in [0.25, 0.3) is 11.0 Å². The highest BCUT2D eigenvalue weighted by molar-refractivity contribution is 5.79. The highest BCUT2D eigenvalue weighted by atomic mass is 16.2. The van der Waals surface area contributed by atoms with E-state index in [0.717, 1.165) is 23.9 Å². The van der Waals surface area contributed by atoms with Crippen molar-refractivity contribution in [2.45, 2.75) is 39.3 Å². The van der Waals surface area contributed by atoms with Gasteiger partial charge in [-0.2, -0.15) is 0 Å². The average Bonchev–Trinajstić information content (AvgIpc) is 2.73. The monoisotopic (exact) mass is 246 g/mol. The molecule has 5 nitrogen and oxygen atoms in total. The van der Waals surface area contributed by atoms with Crippen LogP contribution in [0.3, 0.4) is 0 Å². The minimum absolute atomic E-state index is 0.0217. The summed E-state index contributed by atoms with van der Waals surface area (Å²) in [6.45, 7) is 4.34. The molecule has 18 heavy (non-hydrogen) atoms. The van der Waals surface area contributed by atoms with Crippen LogP contribution in [0.5, 0.6) is 0 Å². The van der Waals surface area contributed by atoms with Gasteiger partial charge in [0.25, 0.3) is 0 Å². The van der Waals surface area contributed by atoms with Crippen LogP contribution in [-0.4, -0.2) is 26.9 Å². The number of nitrogens with one attached hydrogen (secondary N) is 1. The number of carbonyl (C=O) groups excluding carboxylic acids is 1. The summed E-state index contributed by atoms with van der Waals surface area (Å²) in [5, 5.41) is 11.0. The molecule has 1 N–H and O–H groups in total. The van der Waals surface area contributed by atoms with E-state index in [2.05, 4.69) is 22.6 Å². The Hall–Kier alpha value is -1.91. The number of hydrogen-bond donors (Lipinski definition) is 1. The molecule has 0 unspecified atom stereocenters. The van der Waals surface area contributed by atoms with E-state index in [1.165, 1.54) is 0 Å². The Bertz CT molecular complexity index is 535.